The standard InChI is InChI=1S/C7H7BFNO4/c1-4-5(8(11)12)2-3-6(9)7(4)10(13)14/h2-3,11-12H,1H3. The van der Waals surface area contributed by atoms with Gasteiger partial charge in [0.25, 0.3) is 0 Å². The number of hydrogen-bond acceptors (Lipinski definition) is 4. The highest BCUT2D eigenvalue weighted by Crippen LogP contribution is 2.19. The fourth-order valence-electron chi connectivity index (χ4n) is 1.19. The van der Waals surface area contributed by atoms with Gasteiger partial charge in [0, 0.05) is 5.56 Å². The molecule has 0 amide bonds. The Morgan fingerprint density at radius 1 is 1.50 bits per heavy atom. The second-order valence-corrected chi connectivity index (χ2v) is 2.74. The summed E-state index contributed by atoms with van der Waals surface area (Å²) < 4.78 is 12.9. The van der Waals surface area contributed by atoms with Gasteiger partial charge in [0.1, 0.15) is 0 Å². The summed E-state index contributed by atoms with van der Waals surface area (Å²) in [5.41, 5.74) is -0.876. The second-order valence-electron chi connectivity index (χ2n) is 2.74. The maximum atomic E-state index is 12.9. The van der Waals surface area contributed by atoms with Gasteiger partial charge in [-0.15, -0.1) is 0 Å². The normalized spacial score (nSPS) is 10.0. The Hall–Kier alpha value is -1.47. The first kappa shape index (κ1) is 10.6. The van der Waals surface area contributed by atoms with E-state index in [4.69, 9.17) is 10.0 Å². The van der Waals surface area contributed by atoms with Gasteiger partial charge in [0.05, 0.1) is 4.92 Å². The zero-order valence-corrected chi connectivity index (χ0v) is 7.27. The molecule has 0 aliphatic carbocycles. The third-order valence-electron chi connectivity index (χ3n) is 1.88. The zero-order valence-electron chi connectivity index (χ0n) is 7.27. The predicted molar refractivity (Wildman–Crippen MR) is 47.6 cm³/mol. The fourth-order valence-corrected chi connectivity index (χ4v) is 1.19. The van der Waals surface area contributed by atoms with Crippen LogP contribution in [0.5, 0.6) is 0 Å². The number of rotatable bonds is 2. The molecule has 5 nitrogen and oxygen atoms in total. The monoisotopic (exact) mass is 199 g/mol. The predicted octanol–water partition coefficient (Wildman–Crippen LogP) is -0.278. The average molecular weight is 199 g/mol. The quantitative estimate of drug-likeness (QED) is 0.389. The van der Waals surface area contributed by atoms with Crippen molar-refractivity contribution in [1.29, 1.82) is 0 Å². The van der Waals surface area contributed by atoms with Crippen LogP contribution in [0.2, 0.25) is 0 Å². The van der Waals surface area contributed by atoms with Crippen LogP contribution in [0.3, 0.4) is 0 Å². The van der Waals surface area contributed by atoms with Crippen molar-refractivity contribution in [1.82, 2.24) is 0 Å². The maximum absolute atomic E-state index is 12.9. The van der Waals surface area contributed by atoms with Crippen molar-refractivity contribution in [3.05, 3.63) is 33.6 Å². The first-order chi connectivity index (χ1) is 6.45. The summed E-state index contributed by atoms with van der Waals surface area (Å²) in [5.74, 6) is -0.989. The van der Waals surface area contributed by atoms with Crippen LogP contribution >= 0.6 is 0 Å². The Balaban J connectivity index is 3.41. The number of nitro benzene ring substituents is 1. The van der Waals surface area contributed by atoms with Crippen LogP contribution in [0.1, 0.15) is 5.56 Å². The van der Waals surface area contributed by atoms with Crippen molar-refractivity contribution in [3.63, 3.8) is 0 Å². The molecule has 0 aliphatic heterocycles. The maximum Gasteiger partial charge on any atom is 0.488 e. The summed E-state index contributed by atoms with van der Waals surface area (Å²) in [6.45, 7) is 1.26. The van der Waals surface area contributed by atoms with Crippen LogP contribution < -0.4 is 5.46 Å². The molecule has 0 atom stereocenters. The molecule has 0 aromatic heterocycles. The SMILES string of the molecule is Cc1c(B(O)O)ccc(F)c1[N+](=O)[O-]. The van der Waals surface area contributed by atoms with Crippen LogP contribution in [0.4, 0.5) is 10.1 Å². The highest BCUT2D eigenvalue weighted by atomic mass is 19.1. The average Bonchev–Trinajstić information content (AvgIpc) is 2.02. The lowest BCUT2D eigenvalue weighted by atomic mass is 9.77. The molecule has 7 heteroatoms. The third kappa shape index (κ3) is 1.73. The summed E-state index contributed by atoms with van der Waals surface area (Å²) >= 11 is 0. The lowest BCUT2D eigenvalue weighted by Gasteiger charge is -2.05. The lowest BCUT2D eigenvalue weighted by molar-refractivity contribution is -0.388. The summed E-state index contributed by atoms with van der Waals surface area (Å²) in [4.78, 5) is 9.53. The van der Waals surface area contributed by atoms with Gasteiger partial charge < -0.3 is 10.0 Å². The van der Waals surface area contributed by atoms with Crippen LogP contribution in [0.25, 0.3) is 0 Å². The van der Waals surface area contributed by atoms with E-state index in [0.29, 0.717) is 0 Å². The van der Waals surface area contributed by atoms with Gasteiger partial charge in [-0.3, -0.25) is 10.1 Å². The lowest BCUT2D eigenvalue weighted by Crippen LogP contribution is -2.32. The summed E-state index contributed by atoms with van der Waals surface area (Å²) in [5, 5.41) is 28.0. The van der Waals surface area contributed by atoms with Gasteiger partial charge in [-0.1, -0.05) is 6.07 Å². The molecule has 0 saturated heterocycles. The number of hydrogen-bond donors (Lipinski definition) is 2. The molecular weight excluding hydrogens is 192 g/mol. The minimum absolute atomic E-state index is 0.0712. The molecule has 0 aliphatic rings. The highest BCUT2D eigenvalue weighted by Gasteiger charge is 2.24. The topological polar surface area (TPSA) is 83.6 Å². The molecule has 0 saturated carbocycles. The Bertz CT molecular complexity index is 382. The van der Waals surface area contributed by atoms with E-state index in [1.54, 1.807) is 0 Å². The minimum Gasteiger partial charge on any atom is -0.423 e. The molecule has 0 radical (unpaired) electrons. The molecule has 0 unspecified atom stereocenters. The molecule has 0 fully saturated rings. The van der Waals surface area contributed by atoms with Crippen molar-refractivity contribution in [2.75, 3.05) is 0 Å². The van der Waals surface area contributed by atoms with Gasteiger partial charge in [0.2, 0.25) is 5.82 Å². The molecule has 2 N–H and O–H groups in total. The molecule has 74 valence electrons. The van der Waals surface area contributed by atoms with E-state index < -0.39 is 23.5 Å². The Kier molecular flexibility index (Phi) is 2.83. The largest absolute Gasteiger partial charge is 0.488 e. The summed E-state index contributed by atoms with van der Waals surface area (Å²) in [6.07, 6.45) is 0. The molecule has 1 aromatic rings. The van der Waals surface area contributed by atoms with Crippen molar-refractivity contribution >= 4 is 18.3 Å². The smallest absolute Gasteiger partial charge is 0.423 e. The highest BCUT2D eigenvalue weighted by molar-refractivity contribution is 6.59. The van der Waals surface area contributed by atoms with Crippen LogP contribution in [-0.2, 0) is 0 Å². The van der Waals surface area contributed by atoms with Gasteiger partial charge in [-0.2, -0.15) is 4.39 Å². The zero-order chi connectivity index (χ0) is 10.9. The van der Waals surface area contributed by atoms with Crippen LogP contribution in [0, 0.1) is 22.9 Å². The number of benzene rings is 1. The van der Waals surface area contributed by atoms with Gasteiger partial charge in [-0.25, -0.2) is 0 Å². The first-order valence-corrected chi connectivity index (χ1v) is 3.74. The first-order valence-electron chi connectivity index (χ1n) is 3.74. The minimum atomic E-state index is -1.84. The number of nitro groups is 1. The number of halogens is 1. The second kappa shape index (κ2) is 3.73. The Labute approximate surface area is 79.1 Å². The molecule has 0 heterocycles. The van der Waals surface area contributed by atoms with Crippen molar-refractivity contribution in [2.24, 2.45) is 0 Å². The molecule has 1 aromatic carbocycles. The number of nitrogens with zero attached hydrogens (tertiary/aromatic N) is 1. The van der Waals surface area contributed by atoms with Crippen molar-refractivity contribution < 1.29 is 19.4 Å². The molecule has 1 rings (SSSR count). The van der Waals surface area contributed by atoms with E-state index in [1.807, 2.05) is 0 Å². The van der Waals surface area contributed by atoms with Gasteiger partial charge in [-0.05, 0) is 18.5 Å². The van der Waals surface area contributed by atoms with Gasteiger partial charge in [0.15, 0.2) is 0 Å². The molecule has 0 bridgehead atoms. The van der Waals surface area contributed by atoms with E-state index in [1.165, 1.54) is 6.92 Å². The van der Waals surface area contributed by atoms with E-state index in [9.17, 15) is 14.5 Å². The van der Waals surface area contributed by atoms with Gasteiger partial charge >= 0.3 is 12.8 Å². The Morgan fingerprint density at radius 2 is 2.07 bits per heavy atom. The van der Waals surface area contributed by atoms with Crippen molar-refractivity contribution in [3.8, 4) is 0 Å². The molecule has 14 heavy (non-hydrogen) atoms. The molecule has 0 spiro atoms. The van der Waals surface area contributed by atoms with E-state index >= 15 is 0 Å². The van der Waals surface area contributed by atoms with Crippen LogP contribution in [0.15, 0.2) is 12.1 Å². The Morgan fingerprint density at radius 3 is 2.50 bits per heavy atom. The van der Waals surface area contributed by atoms with Crippen molar-refractivity contribution in [2.45, 2.75) is 6.92 Å². The third-order valence-corrected chi connectivity index (χ3v) is 1.88. The fraction of sp³-hybridized carbons (Fsp3) is 0.143. The summed E-state index contributed by atoms with van der Waals surface area (Å²) in [6, 6.07) is 1.93. The van der Waals surface area contributed by atoms with Crippen LogP contribution in [-0.4, -0.2) is 22.1 Å². The van der Waals surface area contributed by atoms with E-state index in [2.05, 4.69) is 0 Å². The van der Waals surface area contributed by atoms with E-state index in [-0.39, 0.29) is 11.0 Å². The molecular formula is C7H7BFNO4. The van der Waals surface area contributed by atoms with E-state index in [0.717, 1.165) is 12.1 Å². The summed E-state index contributed by atoms with van der Waals surface area (Å²) in [7, 11) is -1.84.